The first-order valence-corrected chi connectivity index (χ1v) is 6.59. The Morgan fingerprint density at radius 1 is 1.25 bits per heavy atom. The minimum absolute atomic E-state index is 0.185. The molecule has 2 aliphatic carbocycles. The molecule has 1 N–H and O–H groups in total. The van der Waals surface area contributed by atoms with Crippen LogP contribution in [0, 0.1) is 5.92 Å². The van der Waals surface area contributed by atoms with Crippen molar-refractivity contribution >= 4 is 5.78 Å². The molecule has 0 radical (unpaired) electrons. The van der Waals surface area contributed by atoms with Gasteiger partial charge in [-0.25, -0.2) is 0 Å². The van der Waals surface area contributed by atoms with Gasteiger partial charge in [-0.2, -0.15) is 0 Å². The molecule has 0 saturated heterocycles. The van der Waals surface area contributed by atoms with Crippen molar-refractivity contribution in [3.63, 3.8) is 0 Å². The second kappa shape index (κ2) is 5.28. The van der Waals surface area contributed by atoms with E-state index in [9.17, 15) is 9.90 Å². The van der Waals surface area contributed by atoms with Crippen molar-refractivity contribution in [3.05, 3.63) is 0 Å². The number of likely N-dealkylation sites (N-methyl/N-ethyl adjacent to an activating group) is 1. The zero-order chi connectivity index (χ0) is 11.5. The molecule has 0 spiro atoms. The van der Waals surface area contributed by atoms with E-state index in [0.717, 1.165) is 45.1 Å². The van der Waals surface area contributed by atoms with Crippen molar-refractivity contribution in [1.82, 2.24) is 4.90 Å². The molecule has 3 atom stereocenters. The molecule has 2 saturated carbocycles. The summed E-state index contributed by atoms with van der Waals surface area (Å²) < 4.78 is 0. The highest BCUT2D eigenvalue weighted by Crippen LogP contribution is 2.26. The van der Waals surface area contributed by atoms with E-state index >= 15 is 0 Å². The summed E-state index contributed by atoms with van der Waals surface area (Å²) in [6, 6.07) is 0.280. The zero-order valence-electron chi connectivity index (χ0n) is 10.2. The maximum atomic E-state index is 11.6. The van der Waals surface area contributed by atoms with E-state index in [1.54, 1.807) is 0 Å². The normalized spacial score (nSPS) is 35.9. The highest BCUT2D eigenvalue weighted by atomic mass is 16.3. The maximum absolute atomic E-state index is 11.6. The molecule has 0 bridgehead atoms. The van der Waals surface area contributed by atoms with Crippen LogP contribution in [0.2, 0.25) is 0 Å². The van der Waals surface area contributed by atoms with Gasteiger partial charge in [0.2, 0.25) is 0 Å². The van der Waals surface area contributed by atoms with Crippen LogP contribution in [0.15, 0.2) is 0 Å². The number of ketones is 1. The fraction of sp³-hybridized carbons (Fsp3) is 0.923. The van der Waals surface area contributed by atoms with Gasteiger partial charge in [-0.3, -0.25) is 4.79 Å². The summed E-state index contributed by atoms with van der Waals surface area (Å²) in [5.41, 5.74) is 0. The standard InChI is InChI=1S/C13H23NO2/c1-14(9-10-5-4-8-12(10)15)11-6-2-3-7-13(11)16/h10-11,13,16H,2-9H2,1H3. The summed E-state index contributed by atoms with van der Waals surface area (Å²) in [5.74, 6) is 0.663. The Labute approximate surface area is 97.8 Å². The smallest absolute Gasteiger partial charge is 0.137 e. The lowest BCUT2D eigenvalue weighted by molar-refractivity contribution is -0.121. The van der Waals surface area contributed by atoms with E-state index in [0.29, 0.717) is 5.78 Å². The van der Waals surface area contributed by atoms with Gasteiger partial charge < -0.3 is 10.0 Å². The fourth-order valence-electron chi connectivity index (χ4n) is 3.17. The molecule has 0 amide bonds. The Morgan fingerprint density at radius 3 is 2.62 bits per heavy atom. The zero-order valence-corrected chi connectivity index (χ0v) is 10.2. The Balaban J connectivity index is 1.86. The molecule has 0 aromatic rings. The summed E-state index contributed by atoms with van der Waals surface area (Å²) in [6.45, 7) is 0.848. The van der Waals surface area contributed by atoms with Crippen molar-refractivity contribution in [3.8, 4) is 0 Å². The van der Waals surface area contributed by atoms with E-state index in [-0.39, 0.29) is 18.1 Å². The third-order valence-electron chi connectivity index (χ3n) is 4.20. The van der Waals surface area contributed by atoms with E-state index < -0.39 is 0 Å². The molecule has 0 aromatic heterocycles. The summed E-state index contributed by atoms with van der Waals surface area (Å²) in [4.78, 5) is 13.8. The van der Waals surface area contributed by atoms with Crippen molar-refractivity contribution in [2.75, 3.05) is 13.6 Å². The molecule has 92 valence electrons. The number of hydrogen-bond donors (Lipinski definition) is 1. The van der Waals surface area contributed by atoms with Crippen molar-refractivity contribution in [2.24, 2.45) is 5.92 Å². The van der Waals surface area contributed by atoms with Crippen LogP contribution in [0.5, 0.6) is 0 Å². The summed E-state index contributed by atoms with van der Waals surface area (Å²) in [6.07, 6.45) is 7.06. The Bertz CT molecular complexity index is 254. The fourth-order valence-corrected chi connectivity index (χ4v) is 3.17. The van der Waals surface area contributed by atoms with Crippen molar-refractivity contribution in [1.29, 1.82) is 0 Å². The average Bonchev–Trinajstić information content (AvgIpc) is 2.65. The van der Waals surface area contributed by atoms with E-state index in [1.807, 2.05) is 0 Å². The molecule has 0 aromatic carbocycles. The number of carbonyl (C=O) groups is 1. The number of nitrogens with zero attached hydrogens (tertiary/aromatic N) is 1. The quantitative estimate of drug-likeness (QED) is 0.793. The average molecular weight is 225 g/mol. The number of hydrogen-bond acceptors (Lipinski definition) is 3. The predicted molar refractivity (Wildman–Crippen MR) is 63.2 cm³/mol. The van der Waals surface area contributed by atoms with Gasteiger partial charge in [-0.05, 0) is 32.7 Å². The molecule has 2 aliphatic rings. The SMILES string of the molecule is CN(CC1CCCC1=O)C1CCCCC1O. The van der Waals surface area contributed by atoms with Gasteiger partial charge in [0.25, 0.3) is 0 Å². The highest BCUT2D eigenvalue weighted by Gasteiger charge is 2.31. The topological polar surface area (TPSA) is 40.5 Å². The molecule has 0 aliphatic heterocycles. The van der Waals surface area contributed by atoms with E-state index in [1.165, 1.54) is 6.42 Å². The minimum atomic E-state index is -0.185. The monoisotopic (exact) mass is 225 g/mol. The molecule has 16 heavy (non-hydrogen) atoms. The second-order valence-corrected chi connectivity index (χ2v) is 5.41. The van der Waals surface area contributed by atoms with Crippen LogP contribution in [-0.4, -0.2) is 41.5 Å². The largest absolute Gasteiger partial charge is 0.391 e. The Hall–Kier alpha value is -0.410. The van der Waals surface area contributed by atoms with Gasteiger partial charge in [-0.15, -0.1) is 0 Å². The molecule has 2 fully saturated rings. The maximum Gasteiger partial charge on any atom is 0.137 e. The molecule has 0 heterocycles. The van der Waals surface area contributed by atoms with Crippen molar-refractivity contribution < 1.29 is 9.90 Å². The van der Waals surface area contributed by atoms with E-state index in [2.05, 4.69) is 11.9 Å². The predicted octanol–water partition coefficient (Wildman–Crippen LogP) is 1.59. The number of aliphatic hydroxyl groups excluding tert-OH is 1. The van der Waals surface area contributed by atoms with Gasteiger partial charge in [-0.1, -0.05) is 12.8 Å². The van der Waals surface area contributed by atoms with E-state index in [4.69, 9.17) is 0 Å². The summed E-state index contributed by atoms with van der Waals surface area (Å²) in [5, 5.41) is 9.95. The molecule has 3 unspecified atom stereocenters. The van der Waals surface area contributed by atoms with Gasteiger partial charge in [0.05, 0.1) is 6.10 Å². The van der Waals surface area contributed by atoms with Gasteiger partial charge >= 0.3 is 0 Å². The number of rotatable bonds is 3. The Kier molecular flexibility index (Phi) is 3.98. The number of Topliss-reactive ketones (excluding diaryl/α,β-unsaturated/α-hetero) is 1. The third kappa shape index (κ3) is 2.64. The molecule has 2 rings (SSSR count). The third-order valence-corrected chi connectivity index (χ3v) is 4.20. The first-order chi connectivity index (χ1) is 7.68. The number of aliphatic hydroxyl groups is 1. The Morgan fingerprint density at radius 2 is 2.00 bits per heavy atom. The highest BCUT2D eigenvalue weighted by molar-refractivity contribution is 5.83. The van der Waals surface area contributed by atoms with Gasteiger partial charge in [0, 0.05) is 24.9 Å². The first kappa shape index (κ1) is 12.1. The minimum Gasteiger partial charge on any atom is -0.391 e. The van der Waals surface area contributed by atoms with Crippen LogP contribution in [0.4, 0.5) is 0 Å². The lowest BCUT2D eigenvalue weighted by Crippen LogP contribution is -2.45. The number of carbonyl (C=O) groups excluding carboxylic acids is 1. The molecular formula is C13H23NO2. The van der Waals surface area contributed by atoms with Gasteiger partial charge in [0.15, 0.2) is 0 Å². The second-order valence-electron chi connectivity index (χ2n) is 5.41. The molecule has 3 heteroatoms. The van der Waals surface area contributed by atoms with Crippen molar-refractivity contribution in [2.45, 2.75) is 57.1 Å². The summed E-state index contributed by atoms with van der Waals surface area (Å²) in [7, 11) is 2.06. The van der Waals surface area contributed by atoms with Crippen LogP contribution >= 0.6 is 0 Å². The van der Waals surface area contributed by atoms with Crippen LogP contribution in [0.25, 0.3) is 0 Å². The lowest BCUT2D eigenvalue weighted by atomic mass is 9.91. The lowest BCUT2D eigenvalue weighted by Gasteiger charge is -2.36. The molecular weight excluding hydrogens is 202 g/mol. The first-order valence-electron chi connectivity index (χ1n) is 6.59. The molecule has 3 nitrogen and oxygen atoms in total. The van der Waals surface area contributed by atoms with Crippen LogP contribution in [0.3, 0.4) is 0 Å². The summed E-state index contributed by atoms with van der Waals surface area (Å²) >= 11 is 0. The van der Waals surface area contributed by atoms with Crippen LogP contribution < -0.4 is 0 Å². The van der Waals surface area contributed by atoms with Crippen LogP contribution in [0.1, 0.15) is 44.9 Å². The van der Waals surface area contributed by atoms with Gasteiger partial charge in [0.1, 0.15) is 5.78 Å². The van der Waals surface area contributed by atoms with Crippen LogP contribution in [-0.2, 0) is 4.79 Å².